The lowest BCUT2D eigenvalue weighted by atomic mass is 10.1. The van der Waals surface area contributed by atoms with Gasteiger partial charge in [0.25, 0.3) is 21.5 Å². The Balaban J connectivity index is 1.89. The van der Waals surface area contributed by atoms with Crippen molar-refractivity contribution >= 4 is 38.3 Å². The van der Waals surface area contributed by atoms with E-state index in [0.29, 0.717) is 22.3 Å². The van der Waals surface area contributed by atoms with Crippen LogP contribution in [-0.2, 0) is 16.6 Å². The number of hydrazine groups is 1. The maximum atomic E-state index is 12.7. The third kappa shape index (κ3) is 4.86. The molecule has 10 heteroatoms. The van der Waals surface area contributed by atoms with Gasteiger partial charge in [-0.3, -0.25) is 15.0 Å². The van der Waals surface area contributed by atoms with Gasteiger partial charge in [-0.25, -0.2) is 13.1 Å². The summed E-state index contributed by atoms with van der Waals surface area (Å²) >= 11 is 5.78. The molecule has 0 saturated heterocycles. The summed E-state index contributed by atoms with van der Waals surface area (Å²) in [5.41, 5.74) is 1.84. The zero-order valence-electron chi connectivity index (χ0n) is 16.3. The molecule has 0 spiro atoms. The Bertz CT molecular complexity index is 1220. The van der Waals surface area contributed by atoms with Crippen molar-refractivity contribution < 1.29 is 13.2 Å². The van der Waals surface area contributed by atoms with Crippen LogP contribution >= 0.6 is 11.6 Å². The average Bonchev–Trinajstić information content (AvgIpc) is 2.74. The van der Waals surface area contributed by atoms with Crippen LogP contribution in [0.15, 0.2) is 58.2 Å². The molecule has 1 aromatic heterocycles. The van der Waals surface area contributed by atoms with Crippen LogP contribution in [0.5, 0.6) is 0 Å². The van der Waals surface area contributed by atoms with Gasteiger partial charge >= 0.3 is 0 Å². The number of aryl methyl sites for hydroxylation is 1. The number of hydrogen-bond acceptors (Lipinski definition) is 5. The molecular formula is C20H21ClN4O4S. The van der Waals surface area contributed by atoms with E-state index in [1.54, 1.807) is 24.3 Å². The fourth-order valence-electron chi connectivity index (χ4n) is 2.91. The Morgan fingerprint density at radius 2 is 1.73 bits per heavy atom. The van der Waals surface area contributed by atoms with Crippen LogP contribution < -0.4 is 15.8 Å². The van der Waals surface area contributed by atoms with Crippen molar-refractivity contribution in [3.8, 4) is 0 Å². The minimum Gasteiger partial charge on any atom is -0.272 e. The predicted octanol–water partition coefficient (Wildman–Crippen LogP) is 2.86. The molecule has 0 unspecified atom stereocenters. The summed E-state index contributed by atoms with van der Waals surface area (Å²) < 4.78 is 26.0. The van der Waals surface area contributed by atoms with Crippen LogP contribution in [-0.4, -0.2) is 24.1 Å². The number of sulfonamides is 1. The molecule has 0 aliphatic rings. The standard InChI is InChI=1S/C20H21ClN4O4S/c1-2-3-6-13-25-20(27)17-8-5-4-7-16(17)18(23-25)19(26)22-24-30(28,29)15-11-9-14(21)10-12-15/h4-5,7-12,24H,2-3,6,13H2,1H3,(H,22,26). The second-order valence-electron chi connectivity index (χ2n) is 6.64. The van der Waals surface area contributed by atoms with Gasteiger partial charge in [-0.1, -0.05) is 49.6 Å². The number of halogens is 1. The van der Waals surface area contributed by atoms with Crippen LogP contribution in [0, 0.1) is 0 Å². The van der Waals surface area contributed by atoms with Crippen LogP contribution in [0.25, 0.3) is 10.8 Å². The number of fused-ring (bicyclic) bond motifs is 1. The quantitative estimate of drug-likeness (QED) is 0.406. The first-order chi connectivity index (χ1) is 14.3. The van der Waals surface area contributed by atoms with E-state index in [4.69, 9.17) is 11.6 Å². The Labute approximate surface area is 178 Å². The molecule has 0 saturated carbocycles. The molecule has 2 N–H and O–H groups in total. The van der Waals surface area contributed by atoms with E-state index in [2.05, 4.69) is 10.5 Å². The van der Waals surface area contributed by atoms with E-state index < -0.39 is 15.9 Å². The smallest absolute Gasteiger partial charge is 0.272 e. The normalized spacial score (nSPS) is 11.5. The average molecular weight is 449 g/mol. The number of carbonyl (C=O) groups excluding carboxylic acids is 1. The van der Waals surface area contributed by atoms with Crippen molar-refractivity contribution in [1.29, 1.82) is 0 Å². The van der Waals surface area contributed by atoms with E-state index in [-0.39, 0.29) is 16.1 Å². The summed E-state index contributed by atoms with van der Waals surface area (Å²) in [6, 6.07) is 12.1. The number of carbonyl (C=O) groups is 1. The van der Waals surface area contributed by atoms with Gasteiger partial charge in [-0.05, 0) is 36.8 Å². The second kappa shape index (κ2) is 9.38. The molecule has 0 atom stereocenters. The van der Waals surface area contributed by atoms with Gasteiger partial charge in [0, 0.05) is 17.0 Å². The number of rotatable bonds is 8. The molecule has 30 heavy (non-hydrogen) atoms. The maximum absolute atomic E-state index is 12.7. The lowest BCUT2D eigenvalue weighted by Gasteiger charge is -2.12. The Hall–Kier alpha value is -2.75. The first-order valence-electron chi connectivity index (χ1n) is 9.41. The van der Waals surface area contributed by atoms with Crippen molar-refractivity contribution in [2.24, 2.45) is 0 Å². The lowest BCUT2D eigenvalue weighted by Crippen LogP contribution is -2.42. The highest BCUT2D eigenvalue weighted by Crippen LogP contribution is 2.15. The van der Waals surface area contributed by atoms with Crippen molar-refractivity contribution in [2.45, 2.75) is 37.6 Å². The maximum Gasteiger partial charge on any atom is 0.287 e. The van der Waals surface area contributed by atoms with E-state index >= 15 is 0 Å². The van der Waals surface area contributed by atoms with E-state index in [1.165, 1.54) is 28.9 Å². The molecule has 0 fully saturated rings. The first-order valence-corrected chi connectivity index (χ1v) is 11.3. The van der Waals surface area contributed by atoms with Gasteiger partial charge in [0.1, 0.15) is 0 Å². The number of benzene rings is 2. The van der Waals surface area contributed by atoms with Gasteiger partial charge in [-0.2, -0.15) is 5.10 Å². The molecule has 1 heterocycles. The number of nitrogens with zero attached hydrogens (tertiary/aromatic N) is 2. The summed E-state index contributed by atoms with van der Waals surface area (Å²) in [7, 11) is -4.01. The Morgan fingerprint density at radius 3 is 2.40 bits per heavy atom. The predicted molar refractivity (Wildman–Crippen MR) is 115 cm³/mol. The topological polar surface area (TPSA) is 110 Å². The summed E-state index contributed by atoms with van der Waals surface area (Å²) in [5.74, 6) is -0.770. The minimum absolute atomic E-state index is 0.0412. The monoisotopic (exact) mass is 448 g/mol. The highest BCUT2D eigenvalue weighted by Gasteiger charge is 2.20. The van der Waals surface area contributed by atoms with Crippen molar-refractivity contribution in [1.82, 2.24) is 20.0 Å². The largest absolute Gasteiger partial charge is 0.287 e. The van der Waals surface area contributed by atoms with Crippen molar-refractivity contribution in [3.05, 3.63) is 69.6 Å². The Morgan fingerprint density at radius 1 is 1.07 bits per heavy atom. The number of amides is 1. The summed E-state index contributed by atoms with van der Waals surface area (Å²) in [6.45, 7) is 2.41. The van der Waals surface area contributed by atoms with E-state index in [1.807, 2.05) is 11.8 Å². The third-order valence-corrected chi connectivity index (χ3v) is 5.99. The minimum atomic E-state index is -4.01. The second-order valence-corrected chi connectivity index (χ2v) is 8.76. The highest BCUT2D eigenvalue weighted by molar-refractivity contribution is 7.89. The van der Waals surface area contributed by atoms with Gasteiger partial charge in [-0.15, -0.1) is 4.83 Å². The van der Waals surface area contributed by atoms with Gasteiger partial charge in [0.15, 0.2) is 5.69 Å². The number of hydrogen-bond donors (Lipinski definition) is 2. The molecule has 3 rings (SSSR count). The summed E-state index contributed by atoms with van der Waals surface area (Å²) in [6.07, 6.45) is 2.64. The number of unbranched alkanes of at least 4 members (excludes halogenated alkanes) is 2. The van der Waals surface area contributed by atoms with Crippen LogP contribution in [0.4, 0.5) is 0 Å². The molecule has 8 nitrogen and oxygen atoms in total. The van der Waals surface area contributed by atoms with Gasteiger partial charge < -0.3 is 0 Å². The fourth-order valence-corrected chi connectivity index (χ4v) is 3.88. The molecule has 3 aromatic rings. The molecule has 158 valence electrons. The number of nitrogens with one attached hydrogen (secondary N) is 2. The molecule has 0 bridgehead atoms. The third-order valence-electron chi connectivity index (χ3n) is 4.48. The van der Waals surface area contributed by atoms with Crippen LogP contribution in [0.1, 0.15) is 36.7 Å². The van der Waals surface area contributed by atoms with Crippen LogP contribution in [0.2, 0.25) is 5.02 Å². The van der Waals surface area contributed by atoms with Crippen LogP contribution in [0.3, 0.4) is 0 Å². The molecule has 0 radical (unpaired) electrons. The zero-order valence-corrected chi connectivity index (χ0v) is 17.8. The van der Waals surface area contributed by atoms with Gasteiger partial charge in [0.05, 0.1) is 10.3 Å². The first kappa shape index (κ1) is 21.9. The highest BCUT2D eigenvalue weighted by atomic mass is 35.5. The van der Waals surface area contributed by atoms with Gasteiger partial charge in [0.2, 0.25) is 0 Å². The zero-order chi connectivity index (χ0) is 21.7. The van der Waals surface area contributed by atoms with Crippen molar-refractivity contribution in [3.63, 3.8) is 0 Å². The molecule has 1 amide bonds. The fraction of sp³-hybridized carbons (Fsp3) is 0.250. The molecule has 0 aliphatic heterocycles. The Kier molecular flexibility index (Phi) is 6.86. The lowest BCUT2D eigenvalue weighted by molar-refractivity contribution is 0.0939. The molecule has 0 aliphatic carbocycles. The number of aromatic nitrogens is 2. The van der Waals surface area contributed by atoms with Crippen molar-refractivity contribution in [2.75, 3.05) is 0 Å². The molecular weight excluding hydrogens is 428 g/mol. The summed E-state index contributed by atoms with van der Waals surface area (Å²) in [4.78, 5) is 27.4. The molecule has 2 aromatic carbocycles. The van der Waals surface area contributed by atoms with E-state index in [9.17, 15) is 18.0 Å². The van der Waals surface area contributed by atoms with E-state index in [0.717, 1.165) is 19.3 Å². The summed E-state index contributed by atoms with van der Waals surface area (Å²) in [5, 5.41) is 5.27. The SMILES string of the molecule is CCCCCn1nc(C(=O)NNS(=O)(=O)c2ccc(Cl)cc2)c2ccccc2c1=O.